The van der Waals surface area contributed by atoms with Gasteiger partial charge in [0.2, 0.25) is 0 Å². The number of aryl methyl sites for hydroxylation is 1. The molecular formula is C24H31N5O7S3. The van der Waals surface area contributed by atoms with Crippen LogP contribution in [-0.4, -0.2) is 85.5 Å². The second-order valence-electron chi connectivity index (χ2n) is 9.53. The van der Waals surface area contributed by atoms with Gasteiger partial charge in [0.15, 0.2) is 5.03 Å². The summed E-state index contributed by atoms with van der Waals surface area (Å²) in [5.74, 6) is -0.580. The Balaban J connectivity index is 1.68. The molecule has 1 aliphatic heterocycles. The number of benzene rings is 1. The largest absolute Gasteiger partial charge is 0.488 e. The summed E-state index contributed by atoms with van der Waals surface area (Å²) in [6.45, 7) is 3.44. The summed E-state index contributed by atoms with van der Waals surface area (Å²) in [7, 11) is -4.65. The van der Waals surface area contributed by atoms with Crippen molar-refractivity contribution in [1.29, 1.82) is 0 Å². The Bertz CT molecular complexity index is 1540. The first-order valence-electron chi connectivity index (χ1n) is 12.1. The number of imidazole rings is 1. The van der Waals surface area contributed by atoms with Crippen molar-refractivity contribution in [2.75, 3.05) is 31.5 Å². The fourth-order valence-corrected chi connectivity index (χ4v) is 7.57. The Morgan fingerprint density at radius 2 is 2.03 bits per heavy atom. The molecule has 39 heavy (non-hydrogen) atoms. The molecule has 1 amide bonds. The van der Waals surface area contributed by atoms with E-state index in [2.05, 4.69) is 9.71 Å². The molecule has 4 rings (SSSR count). The van der Waals surface area contributed by atoms with E-state index in [1.807, 2.05) is 6.92 Å². The first-order valence-corrected chi connectivity index (χ1v) is 15.9. The number of anilines is 1. The number of nitrogens with one attached hydrogen (secondary N) is 1. The fraction of sp³-hybridized carbons (Fsp3) is 0.417. The van der Waals surface area contributed by atoms with Crippen molar-refractivity contribution in [3.05, 3.63) is 53.8 Å². The van der Waals surface area contributed by atoms with E-state index >= 15 is 0 Å². The normalized spacial score (nSPS) is 19.2. The lowest BCUT2D eigenvalue weighted by atomic mass is 9.99. The number of likely N-dealkylation sites (N-methyl/N-ethyl adjacent to an activating group) is 1. The van der Waals surface area contributed by atoms with E-state index in [4.69, 9.17) is 4.74 Å². The van der Waals surface area contributed by atoms with Gasteiger partial charge in [0.25, 0.3) is 26.0 Å². The number of hydrogen-bond acceptors (Lipinski definition) is 9. The van der Waals surface area contributed by atoms with Crippen LogP contribution in [0, 0.1) is 5.92 Å². The third kappa shape index (κ3) is 6.11. The van der Waals surface area contributed by atoms with E-state index in [9.17, 15) is 26.7 Å². The molecule has 0 aliphatic carbocycles. The van der Waals surface area contributed by atoms with Crippen LogP contribution in [0.25, 0.3) is 0 Å². The summed E-state index contributed by atoms with van der Waals surface area (Å²) in [5.41, 5.74) is 0.202. The number of carbonyl (C=O) groups excluding carboxylic acids is 1. The van der Waals surface area contributed by atoms with Gasteiger partial charge in [0, 0.05) is 38.4 Å². The van der Waals surface area contributed by atoms with Gasteiger partial charge in [0.1, 0.15) is 16.1 Å². The van der Waals surface area contributed by atoms with Crippen LogP contribution in [0.5, 0.6) is 5.75 Å². The molecule has 0 spiro atoms. The number of rotatable bonds is 9. The summed E-state index contributed by atoms with van der Waals surface area (Å²) >= 11 is 1.12. The average Bonchev–Trinajstić information content (AvgIpc) is 3.59. The first kappa shape index (κ1) is 29.0. The summed E-state index contributed by atoms with van der Waals surface area (Å²) in [5, 5.41) is 11.4. The zero-order valence-corrected chi connectivity index (χ0v) is 24.3. The van der Waals surface area contributed by atoms with E-state index in [0.717, 1.165) is 11.3 Å². The minimum absolute atomic E-state index is 0.00440. The number of aliphatic hydroxyl groups is 1. The molecule has 0 saturated heterocycles. The summed E-state index contributed by atoms with van der Waals surface area (Å²) < 4.78 is 63.3. The van der Waals surface area contributed by atoms with Crippen LogP contribution in [0.15, 0.2) is 57.5 Å². The lowest BCUT2D eigenvalue weighted by Crippen LogP contribution is -2.50. The monoisotopic (exact) mass is 597 g/mol. The second-order valence-corrected chi connectivity index (χ2v) is 14.4. The topological polar surface area (TPSA) is 151 Å². The van der Waals surface area contributed by atoms with Crippen molar-refractivity contribution in [1.82, 2.24) is 18.8 Å². The highest BCUT2D eigenvalue weighted by atomic mass is 32.2. The van der Waals surface area contributed by atoms with E-state index < -0.39 is 38.1 Å². The van der Waals surface area contributed by atoms with Gasteiger partial charge in [-0.15, -0.1) is 11.3 Å². The number of hydrogen-bond donors (Lipinski definition) is 2. The van der Waals surface area contributed by atoms with Crippen molar-refractivity contribution < 1.29 is 31.5 Å². The van der Waals surface area contributed by atoms with Gasteiger partial charge < -0.3 is 19.3 Å². The number of aromatic nitrogens is 2. The van der Waals surface area contributed by atoms with Gasteiger partial charge in [-0.05, 0) is 36.6 Å². The summed E-state index contributed by atoms with van der Waals surface area (Å²) in [6.07, 6.45) is 2.06. The lowest BCUT2D eigenvalue weighted by molar-refractivity contribution is 0.0387. The molecule has 2 aromatic heterocycles. The number of aliphatic hydroxyl groups excluding tert-OH is 1. The zero-order chi connectivity index (χ0) is 28.5. The van der Waals surface area contributed by atoms with E-state index in [0.29, 0.717) is 0 Å². The molecule has 0 saturated carbocycles. The van der Waals surface area contributed by atoms with Gasteiger partial charge in [-0.2, -0.15) is 12.7 Å². The maximum absolute atomic E-state index is 13.6. The Morgan fingerprint density at radius 3 is 2.64 bits per heavy atom. The number of nitrogens with zero attached hydrogens (tertiary/aromatic N) is 4. The molecule has 15 heteroatoms. The highest BCUT2D eigenvalue weighted by Crippen LogP contribution is 2.32. The molecule has 1 aliphatic rings. The van der Waals surface area contributed by atoms with Gasteiger partial charge in [-0.25, -0.2) is 13.4 Å². The molecule has 0 bridgehead atoms. The SMILES string of the molecule is C[C@H](CO)N1C[C@H](C)[C@H](CN(C)S(=O)(=O)c2cccs2)Oc2ccc(NS(=O)(=O)c3cn(C)cn3)cc2C1=O. The quantitative estimate of drug-likeness (QED) is 0.379. The standard InChI is InChI=1S/C24H31N5O7S3/c1-16-11-29(17(2)14-30)24(31)19-10-18(26-38(32,33)22-13-27(3)15-25-22)7-8-20(19)36-21(16)12-28(4)39(34,35)23-6-5-9-37-23/h5-10,13,15-17,21,26,30H,11-12,14H2,1-4H3/t16-,17+,21-/m0/s1. The van der Waals surface area contributed by atoms with Crippen LogP contribution in [-0.2, 0) is 27.1 Å². The van der Waals surface area contributed by atoms with Crippen molar-refractivity contribution in [3.8, 4) is 5.75 Å². The Hall–Kier alpha value is -2.98. The predicted octanol–water partition coefficient (Wildman–Crippen LogP) is 1.82. The van der Waals surface area contributed by atoms with E-state index in [1.165, 1.54) is 57.6 Å². The number of ether oxygens (including phenoxy) is 1. The van der Waals surface area contributed by atoms with Gasteiger partial charge >= 0.3 is 0 Å². The maximum Gasteiger partial charge on any atom is 0.280 e. The van der Waals surface area contributed by atoms with Crippen LogP contribution in [0.3, 0.4) is 0 Å². The molecule has 1 aromatic carbocycles. The van der Waals surface area contributed by atoms with Crippen LogP contribution in [0.4, 0.5) is 5.69 Å². The highest BCUT2D eigenvalue weighted by Gasteiger charge is 2.35. The van der Waals surface area contributed by atoms with Crippen LogP contribution >= 0.6 is 11.3 Å². The number of thiophene rings is 1. The zero-order valence-electron chi connectivity index (χ0n) is 21.9. The molecule has 212 valence electrons. The lowest BCUT2D eigenvalue weighted by Gasteiger charge is -2.38. The molecule has 3 aromatic rings. The third-order valence-corrected chi connectivity index (χ3v) is 10.9. The molecule has 3 atom stereocenters. The molecule has 0 radical (unpaired) electrons. The number of carbonyl (C=O) groups is 1. The summed E-state index contributed by atoms with van der Waals surface area (Å²) in [6, 6.07) is 6.95. The third-order valence-electron chi connectivity index (χ3n) is 6.47. The minimum Gasteiger partial charge on any atom is -0.488 e. The Labute approximate surface area is 231 Å². The van der Waals surface area contributed by atoms with Crippen molar-refractivity contribution in [2.45, 2.75) is 35.2 Å². The van der Waals surface area contributed by atoms with Crippen LogP contribution in [0.2, 0.25) is 0 Å². The highest BCUT2D eigenvalue weighted by molar-refractivity contribution is 7.92. The van der Waals surface area contributed by atoms with Gasteiger partial charge in [-0.1, -0.05) is 13.0 Å². The Kier molecular flexibility index (Phi) is 8.37. The second kappa shape index (κ2) is 11.3. The fourth-order valence-electron chi connectivity index (χ4n) is 4.15. The maximum atomic E-state index is 13.6. The summed E-state index contributed by atoms with van der Waals surface area (Å²) in [4.78, 5) is 19.0. The van der Waals surface area contributed by atoms with Gasteiger partial charge in [0.05, 0.1) is 31.1 Å². The van der Waals surface area contributed by atoms with Gasteiger partial charge in [-0.3, -0.25) is 9.52 Å². The molecule has 0 fully saturated rings. The molecule has 3 heterocycles. The smallest absolute Gasteiger partial charge is 0.280 e. The minimum atomic E-state index is -4.02. The van der Waals surface area contributed by atoms with E-state index in [-0.39, 0.29) is 51.8 Å². The average molecular weight is 598 g/mol. The van der Waals surface area contributed by atoms with Crippen LogP contribution < -0.4 is 9.46 Å². The first-order chi connectivity index (χ1) is 18.3. The van der Waals surface area contributed by atoms with Crippen molar-refractivity contribution in [3.63, 3.8) is 0 Å². The molecule has 12 nitrogen and oxygen atoms in total. The number of amides is 1. The number of sulfonamides is 2. The van der Waals surface area contributed by atoms with Crippen molar-refractivity contribution >= 4 is 43.0 Å². The molecular weight excluding hydrogens is 566 g/mol. The molecule has 2 N–H and O–H groups in total. The van der Waals surface area contributed by atoms with E-state index in [1.54, 1.807) is 25.4 Å². The number of fused-ring (bicyclic) bond motifs is 1. The van der Waals surface area contributed by atoms with Crippen molar-refractivity contribution in [2.24, 2.45) is 13.0 Å². The van der Waals surface area contributed by atoms with Crippen LogP contribution in [0.1, 0.15) is 24.2 Å². The molecule has 0 unspecified atom stereocenters. The Morgan fingerprint density at radius 1 is 1.28 bits per heavy atom. The predicted molar refractivity (Wildman–Crippen MR) is 146 cm³/mol.